The van der Waals surface area contributed by atoms with Crippen LogP contribution in [0.25, 0.3) is 21.8 Å². The maximum atomic E-state index is 16.2. The molecular formula is C40H40F2N8O8S. The van der Waals surface area contributed by atoms with Crippen LogP contribution in [0.2, 0.25) is 0 Å². The molecule has 5 amide bonds. The molecule has 4 N–H and O–H groups in total. The zero-order chi connectivity index (χ0) is 41.6. The summed E-state index contributed by atoms with van der Waals surface area (Å²) < 4.78 is 68.3. The highest BCUT2D eigenvalue weighted by Crippen LogP contribution is 2.40. The standard InChI is InChI=1S/C40H40F2N8O8S/c1-47-31-20-30(28(41)19-32(31)50(40(47)55)29-9-10-34(51)45-38(29)53)48-15-12-23(13-16-48)11-14-43-39(54)44-26-7-8-27-25(17-26)18-33(58-22-24-5-3-2-4-6-24)37(36(27)42)49-21-35(52)46-59(49,56)57/h2-8,17-20,23,29H,9-16,21-22H2,1H3,(H,46,52)(H2,43,44,54)(H,45,51,53). The smallest absolute Gasteiger partial charge is 0.329 e. The van der Waals surface area contributed by atoms with E-state index in [1.54, 1.807) is 37.4 Å². The summed E-state index contributed by atoms with van der Waals surface area (Å²) in [5.74, 6) is -3.11. The van der Waals surface area contributed by atoms with E-state index in [1.165, 1.54) is 39.5 Å². The number of hydrogen-bond acceptors (Lipinski definition) is 9. The van der Waals surface area contributed by atoms with Crippen molar-refractivity contribution < 1.29 is 41.1 Å². The Hall–Kier alpha value is -6.50. The maximum absolute atomic E-state index is 16.2. The second-order valence-electron chi connectivity index (χ2n) is 14.9. The molecule has 4 heterocycles. The van der Waals surface area contributed by atoms with E-state index in [4.69, 9.17) is 4.74 Å². The lowest BCUT2D eigenvalue weighted by Gasteiger charge is -2.34. The Balaban J connectivity index is 0.892. The van der Waals surface area contributed by atoms with Gasteiger partial charge < -0.3 is 20.3 Å². The van der Waals surface area contributed by atoms with Gasteiger partial charge in [-0.25, -0.2) is 27.4 Å². The maximum Gasteiger partial charge on any atom is 0.329 e. The van der Waals surface area contributed by atoms with Crippen LogP contribution in [-0.4, -0.2) is 67.5 Å². The number of anilines is 3. The molecule has 0 radical (unpaired) electrons. The summed E-state index contributed by atoms with van der Waals surface area (Å²) in [6.07, 6.45) is 2.35. The summed E-state index contributed by atoms with van der Waals surface area (Å²) in [6, 6.07) is 16.4. The summed E-state index contributed by atoms with van der Waals surface area (Å²) in [5, 5.41) is 8.23. The first-order valence-electron chi connectivity index (χ1n) is 19.1. The van der Waals surface area contributed by atoms with Gasteiger partial charge in [0.05, 0.1) is 16.7 Å². The molecule has 1 atom stereocenters. The van der Waals surface area contributed by atoms with Crippen molar-refractivity contribution in [3.63, 3.8) is 0 Å². The third kappa shape index (κ3) is 7.76. The summed E-state index contributed by atoms with van der Waals surface area (Å²) >= 11 is 0. The molecule has 1 aromatic heterocycles. The molecule has 3 fully saturated rings. The number of carbonyl (C=O) groups excluding carboxylic acids is 4. The number of benzene rings is 4. The SMILES string of the molecule is Cn1c(=O)n(C2CCC(=O)NC2=O)c2cc(F)c(N3CCC(CCNC(=O)Nc4ccc5c(F)c(N6CC(=O)NS6(=O)=O)c(OCc6ccccc6)cc5c4)CC3)cc21. The number of aromatic nitrogens is 2. The Labute approximate surface area is 336 Å². The van der Waals surface area contributed by atoms with E-state index < -0.39 is 69.6 Å². The Bertz CT molecular complexity index is 2700. The quantitative estimate of drug-likeness (QED) is 0.151. The molecule has 0 saturated carbocycles. The predicted octanol–water partition coefficient (Wildman–Crippen LogP) is 3.94. The molecule has 5 aromatic rings. The molecule has 308 valence electrons. The highest BCUT2D eigenvalue weighted by atomic mass is 32.2. The van der Waals surface area contributed by atoms with Crippen LogP contribution >= 0.6 is 0 Å². The van der Waals surface area contributed by atoms with Gasteiger partial charge in [0.15, 0.2) is 5.82 Å². The number of piperidine rings is 2. The number of urea groups is 1. The topological polar surface area (TPSA) is 193 Å². The first-order chi connectivity index (χ1) is 28.3. The Kier molecular flexibility index (Phi) is 10.5. The van der Waals surface area contributed by atoms with Crippen molar-refractivity contribution in [2.75, 3.05) is 40.7 Å². The van der Waals surface area contributed by atoms with Crippen LogP contribution in [0, 0.1) is 17.6 Å². The van der Waals surface area contributed by atoms with Crippen LogP contribution in [0.1, 0.15) is 43.7 Å². The minimum Gasteiger partial charge on any atom is -0.487 e. The number of nitrogens with zero attached hydrogens (tertiary/aromatic N) is 4. The molecule has 16 nitrogen and oxygen atoms in total. The summed E-state index contributed by atoms with van der Waals surface area (Å²) in [4.78, 5) is 64.3. The van der Waals surface area contributed by atoms with Gasteiger partial charge in [0.1, 0.15) is 36.4 Å². The number of imidazole rings is 1. The van der Waals surface area contributed by atoms with Crippen LogP contribution in [0.4, 0.5) is 30.6 Å². The van der Waals surface area contributed by atoms with Gasteiger partial charge >= 0.3 is 21.9 Å². The van der Waals surface area contributed by atoms with Crippen molar-refractivity contribution in [3.05, 3.63) is 94.4 Å². The van der Waals surface area contributed by atoms with Crippen LogP contribution in [0.15, 0.2) is 71.5 Å². The second-order valence-corrected chi connectivity index (χ2v) is 16.5. The third-order valence-corrected chi connectivity index (χ3v) is 12.4. The normalized spacial score (nSPS) is 18.3. The first-order valence-corrected chi connectivity index (χ1v) is 20.5. The van der Waals surface area contributed by atoms with Gasteiger partial charge in [-0.2, -0.15) is 8.42 Å². The number of carbonyl (C=O) groups is 4. The zero-order valence-electron chi connectivity index (χ0n) is 31.8. The van der Waals surface area contributed by atoms with Crippen molar-refractivity contribution >= 4 is 72.8 Å². The van der Waals surface area contributed by atoms with Crippen molar-refractivity contribution in [1.29, 1.82) is 0 Å². The van der Waals surface area contributed by atoms with Crippen LogP contribution in [0.5, 0.6) is 5.75 Å². The number of hydrogen-bond donors (Lipinski definition) is 4. The number of rotatable bonds is 10. The van der Waals surface area contributed by atoms with E-state index >= 15 is 8.78 Å². The van der Waals surface area contributed by atoms with E-state index in [1.807, 2.05) is 15.7 Å². The molecule has 1 unspecified atom stereocenters. The molecule has 8 rings (SSSR count). The Morgan fingerprint density at radius 3 is 2.41 bits per heavy atom. The Morgan fingerprint density at radius 1 is 0.932 bits per heavy atom. The summed E-state index contributed by atoms with van der Waals surface area (Å²) in [6.45, 7) is 0.820. The molecule has 19 heteroatoms. The molecule has 4 aromatic carbocycles. The molecule has 0 spiro atoms. The van der Waals surface area contributed by atoms with E-state index in [-0.39, 0.29) is 42.0 Å². The molecule has 3 saturated heterocycles. The molecule has 0 bridgehead atoms. The van der Waals surface area contributed by atoms with Crippen molar-refractivity contribution in [2.24, 2.45) is 13.0 Å². The van der Waals surface area contributed by atoms with Crippen LogP contribution < -0.4 is 40.3 Å². The number of halogens is 2. The third-order valence-electron chi connectivity index (χ3n) is 11.1. The lowest BCUT2D eigenvalue weighted by molar-refractivity contribution is -0.135. The minimum atomic E-state index is -4.36. The monoisotopic (exact) mass is 830 g/mol. The molecular weight excluding hydrogens is 791 g/mol. The number of fused-ring (bicyclic) bond motifs is 2. The van der Waals surface area contributed by atoms with Crippen molar-refractivity contribution in [1.82, 2.24) is 24.5 Å². The molecule has 3 aliphatic heterocycles. The van der Waals surface area contributed by atoms with Crippen LogP contribution in [-0.2, 0) is 38.2 Å². The average molecular weight is 831 g/mol. The van der Waals surface area contributed by atoms with E-state index in [9.17, 15) is 32.4 Å². The lowest BCUT2D eigenvalue weighted by Crippen LogP contribution is -2.44. The Morgan fingerprint density at radius 2 is 1.69 bits per heavy atom. The fraction of sp³-hybridized carbons (Fsp3) is 0.325. The van der Waals surface area contributed by atoms with Gasteiger partial charge in [0, 0.05) is 50.2 Å². The zero-order valence-corrected chi connectivity index (χ0v) is 32.6. The highest BCUT2D eigenvalue weighted by molar-refractivity contribution is 7.92. The lowest BCUT2D eigenvalue weighted by atomic mass is 9.93. The number of amides is 5. The first kappa shape index (κ1) is 39.3. The van der Waals surface area contributed by atoms with Gasteiger partial charge in [0.25, 0.3) is 5.91 Å². The fourth-order valence-corrected chi connectivity index (χ4v) is 9.16. The van der Waals surface area contributed by atoms with Gasteiger partial charge in [-0.15, -0.1) is 0 Å². The van der Waals surface area contributed by atoms with Gasteiger partial charge in [-0.1, -0.05) is 30.3 Å². The minimum absolute atomic E-state index is 0.00879. The number of aryl methyl sites for hydroxylation is 1. The second kappa shape index (κ2) is 15.7. The van der Waals surface area contributed by atoms with Gasteiger partial charge in [0.2, 0.25) is 11.8 Å². The number of ether oxygens (including phenoxy) is 1. The molecule has 0 aliphatic carbocycles. The van der Waals surface area contributed by atoms with Gasteiger partial charge in [-0.3, -0.25) is 28.8 Å². The summed E-state index contributed by atoms with van der Waals surface area (Å²) in [7, 11) is -2.80. The van der Waals surface area contributed by atoms with Crippen molar-refractivity contribution in [3.8, 4) is 5.75 Å². The highest BCUT2D eigenvalue weighted by Gasteiger charge is 2.38. The predicted molar refractivity (Wildman–Crippen MR) is 214 cm³/mol. The van der Waals surface area contributed by atoms with Gasteiger partial charge in [-0.05, 0) is 72.9 Å². The summed E-state index contributed by atoms with van der Waals surface area (Å²) in [5.41, 5.74) is 1.31. The average Bonchev–Trinajstić information content (AvgIpc) is 3.61. The molecule has 3 aliphatic rings. The van der Waals surface area contributed by atoms with E-state index in [0.717, 1.165) is 18.4 Å². The van der Waals surface area contributed by atoms with Crippen LogP contribution in [0.3, 0.4) is 0 Å². The number of nitrogens with one attached hydrogen (secondary N) is 4. The van der Waals surface area contributed by atoms with E-state index in [2.05, 4.69) is 16.0 Å². The van der Waals surface area contributed by atoms with Crippen molar-refractivity contribution in [2.45, 2.75) is 44.8 Å². The van der Waals surface area contributed by atoms with E-state index in [0.29, 0.717) is 52.6 Å². The largest absolute Gasteiger partial charge is 0.487 e. The number of imide groups is 1. The fourth-order valence-electron chi connectivity index (χ4n) is 8.00. The molecule has 59 heavy (non-hydrogen) atoms.